The predicted octanol–water partition coefficient (Wildman–Crippen LogP) is 5.78. The van der Waals surface area contributed by atoms with Crippen LogP contribution in [0.15, 0.2) is 72.8 Å². The summed E-state index contributed by atoms with van der Waals surface area (Å²) >= 11 is 8.32. The first kappa shape index (κ1) is 17.8. The molecular weight excluding hydrogens is 449 g/mol. The van der Waals surface area contributed by atoms with E-state index in [-0.39, 0.29) is 5.91 Å². The zero-order chi connectivity index (χ0) is 17.6. The van der Waals surface area contributed by atoms with E-state index in [9.17, 15) is 4.79 Å². The molecule has 0 saturated carbocycles. The minimum Gasteiger partial charge on any atom is -0.489 e. The number of nitrogens with one attached hydrogen (secondary N) is 1. The van der Waals surface area contributed by atoms with Crippen molar-refractivity contribution in [2.45, 2.75) is 6.61 Å². The Hall–Kier alpha value is -2.05. The average molecular weight is 464 g/mol. The summed E-state index contributed by atoms with van der Waals surface area (Å²) in [6, 6.07) is 22.5. The number of hydrogen-bond acceptors (Lipinski definition) is 2. The van der Waals surface area contributed by atoms with Crippen molar-refractivity contribution in [2.75, 3.05) is 5.32 Å². The van der Waals surface area contributed by atoms with Crippen molar-refractivity contribution in [1.82, 2.24) is 0 Å². The Bertz CT molecular complexity index is 867. The van der Waals surface area contributed by atoms with Crippen molar-refractivity contribution < 1.29 is 9.53 Å². The van der Waals surface area contributed by atoms with Gasteiger partial charge in [-0.15, -0.1) is 0 Å². The average Bonchev–Trinajstić information content (AvgIpc) is 2.63. The van der Waals surface area contributed by atoms with Gasteiger partial charge in [-0.1, -0.05) is 41.9 Å². The lowest BCUT2D eigenvalue weighted by Gasteiger charge is -2.09. The standard InChI is InChI=1S/C20H15ClINO2/c21-18-12-16(22)8-11-19(18)23-20(24)15-6-9-17(10-7-15)25-13-14-4-2-1-3-5-14/h1-12H,13H2,(H,23,24). The molecule has 0 atom stereocenters. The van der Waals surface area contributed by atoms with Crippen LogP contribution >= 0.6 is 34.2 Å². The number of halogens is 2. The van der Waals surface area contributed by atoms with Gasteiger partial charge in [0, 0.05) is 9.13 Å². The number of benzene rings is 3. The highest BCUT2D eigenvalue weighted by molar-refractivity contribution is 14.1. The van der Waals surface area contributed by atoms with Crippen LogP contribution in [0.5, 0.6) is 5.75 Å². The molecule has 3 aromatic carbocycles. The molecule has 0 spiro atoms. The van der Waals surface area contributed by atoms with Gasteiger partial charge in [-0.25, -0.2) is 0 Å². The monoisotopic (exact) mass is 463 g/mol. The van der Waals surface area contributed by atoms with E-state index >= 15 is 0 Å². The van der Waals surface area contributed by atoms with E-state index in [1.807, 2.05) is 36.4 Å². The van der Waals surface area contributed by atoms with Crippen LogP contribution in [0.2, 0.25) is 5.02 Å². The second-order valence-electron chi connectivity index (χ2n) is 5.38. The van der Waals surface area contributed by atoms with Crippen molar-refractivity contribution in [1.29, 1.82) is 0 Å². The molecule has 1 amide bonds. The third kappa shape index (κ3) is 4.96. The zero-order valence-electron chi connectivity index (χ0n) is 13.2. The molecule has 1 N–H and O–H groups in total. The van der Waals surface area contributed by atoms with Gasteiger partial charge >= 0.3 is 0 Å². The lowest BCUT2D eigenvalue weighted by Crippen LogP contribution is -2.12. The molecule has 0 aliphatic carbocycles. The molecule has 126 valence electrons. The van der Waals surface area contributed by atoms with Gasteiger partial charge in [0.1, 0.15) is 12.4 Å². The molecule has 0 bridgehead atoms. The highest BCUT2D eigenvalue weighted by Gasteiger charge is 2.09. The van der Waals surface area contributed by atoms with E-state index in [0.717, 1.165) is 9.13 Å². The molecule has 0 aliphatic rings. The molecule has 0 saturated heterocycles. The summed E-state index contributed by atoms with van der Waals surface area (Å²) in [5, 5.41) is 3.33. The van der Waals surface area contributed by atoms with Crippen molar-refractivity contribution in [3.8, 4) is 5.75 Å². The molecule has 0 aliphatic heterocycles. The van der Waals surface area contributed by atoms with Crippen molar-refractivity contribution in [3.05, 3.63) is 92.5 Å². The topological polar surface area (TPSA) is 38.3 Å². The van der Waals surface area contributed by atoms with E-state index < -0.39 is 0 Å². The van der Waals surface area contributed by atoms with Gasteiger partial charge in [-0.05, 0) is 70.6 Å². The minimum atomic E-state index is -0.210. The number of amides is 1. The van der Waals surface area contributed by atoms with Gasteiger partial charge < -0.3 is 10.1 Å². The number of carbonyl (C=O) groups excluding carboxylic acids is 1. The summed E-state index contributed by atoms with van der Waals surface area (Å²) in [7, 11) is 0. The number of hydrogen-bond donors (Lipinski definition) is 1. The summed E-state index contributed by atoms with van der Waals surface area (Å²) in [6.45, 7) is 0.491. The predicted molar refractivity (Wildman–Crippen MR) is 109 cm³/mol. The van der Waals surface area contributed by atoms with Crippen molar-refractivity contribution in [3.63, 3.8) is 0 Å². The molecule has 25 heavy (non-hydrogen) atoms. The number of ether oxygens (including phenoxy) is 1. The first-order valence-electron chi connectivity index (χ1n) is 7.65. The summed E-state index contributed by atoms with van der Waals surface area (Å²) in [6.07, 6.45) is 0. The Kier molecular flexibility index (Phi) is 5.94. The Labute approximate surface area is 165 Å². The second kappa shape index (κ2) is 8.36. The summed E-state index contributed by atoms with van der Waals surface area (Å²) in [5.41, 5.74) is 2.23. The summed E-state index contributed by atoms with van der Waals surface area (Å²) < 4.78 is 6.74. The maximum Gasteiger partial charge on any atom is 0.255 e. The fraction of sp³-hybridized carbons (Fsp3) is 0.0500. The first-order valence-corrected chi connectivity index (χ1v) is 9.11. The molecule has 3 rings (SSSR count). The molecule has 5 heteroatoms. The van der Waals surface area contributed by atoms with Crippen molar-refractivity contribution >= 4 is 45.8 Å². The lowest BCUT2D eigenvalue weighted by atomic mass is 10.2. The van der Waals surface area contributed by atoms with Crippen LogP contribution in [0.25, 0.3) is 0 Å². The molecular formula is C20H15ClINO2. The maximum absolute atomic E-state index is 12.3. The molecule has 0 unspecified atom stereocenters. The Balaban J connectivity index is 1.62. The fourth-order valence-electron chi connectivity index (χ4n) is 2.23. The van der Waals surface area contributed by atoms with Gasteiger partial charge in [-0.2, -0.15) is 0 Å². The van der Waals surface area contributed by atoms with Gasteiger partial charge in [-0.3, -0.25) is 4.79 Å². The Morgan fingerprint density at radius 2 is 1.72 bits per heavy atom. The summed E-state index contributed by atoms with van der Waals surface area (Å²) in [4.78, 5) is 12.3. The van der Waals surface area contributed by atoms with E-state index in [0.29, 0.717) is 28.6 Å². The van der Waals surface area contributed by atoms with E-state index in [1.54, 1.807) is 36.4 Å². The van der Waals surface area contributed by atoms with Crippen LogP contribution in [0.3, 0.4) is 0 Å². The highest BCUT2D eigenvalue weighted by Crippen LogP contribution is 2.24. The van der Waals surface area contributed by atoms with Crippen LogP contribution in [0.4, 0.5) is 5.69 Å². The molecule has 0 fully saturated rings. The molecule has 0 heterocycles. The maximum atomic E-state index is 12.3. The minimum absolute atomic E-state index is 0.210. The van der Waals surface area contributed by atoms with Gasteiger partial charge in [0.2, 0.25) is 0 Å². The lowest BCUT2D eigenvalue weighted by molar-refractivity contribution is 0.102. The molecule has 0 aromatic heterocycles. The third-order valence-electron chi connectivity index (χ3n) is 3.54. The number of anilines is 1. The van der Waals surface area contributed by atoms with Gasteiger partial charge in [0.05, 0.1) is 10.7 Å². The van der Waals surface area contributed by atoms with Crippen LogP contribution in [-0.4, -0.2) is 5.91 Å². The molecule has 0 radical (unpaired) electrons. The van der Waals surface area contributed by atoms with Crippen LogP contribution in [-0.2, 0) is 6.61 Å². The first-order chi connectivity index (χ1) is 12.1. The van der Waals surface area contributed by atoms with Crippen LogP contribution in [0, 0.1) is 3.57 Å². The van der Waals surface area contributed by atoms with Gasteiger partial charge in [0.15, 0.2) is 0 Å². The highest BCUT2D eigenvalue weighted by atomic mass is 127. The zero-order valence-corrected chi connectivity index (χ0v) is 16.1. The SMILES string of the molecule is O=C(Nc1ccc(I)cc1Cl)c1ccc(OCc2ccccc2)cc1. The Morgan fingerprint density at radius 1 is 1.00 bits per heavy atom. The quantitative estimate of drug-likeness (QED) is 0.487. The Morgan fingerprint density at radius 3 is 2.40 bits per heavy atom. The molecule has 3 aromatic rings. The normalized spacial score (nSPS) is 10.3. The molecule has 3 nitrogen and oxygen atoms in total. The van der Waals surface area contributed by atoms with E-state index in [2.05, 4.69) is 27.9 Å². The van der Waals surface area contributed by atoms with E-state index in [4.69, 9.17) is 16.3 Å². The van der Waals surface area contributed by atoms with E-state index in [1.165, 1.54) is 0 Å². The van der Waals surface area contributed by atoms with Crippen LogP contribution in [0.1, 0.15) is 15.9 Å². The third-order valence-corrected chi connectivity index (χ3v) is 4.53. The largest absolute Gasteiger partial charge is 0.489 e. The number of carbonyl (C=O) groups is 1. The smallest absolute Gasteiger partial charge is 0.255 e. The number of rotatable bonds is 5. The second-order valence-corrected chi connectivity index (χ2v) is 7.03. The van der Waals surface area contributed by atoms with Crippen molar-refractivity contribution in [2.24, 2.45) is 0 Å². The van der Waals surface area contributed by atoms with Gasteiger partial charge in [0.25, 0.3) is 5.91 Å². The van der Waals surface area contributed by atoms with Crippen LogP contribution < -0.4 is 10.1 Å². The summed E-state index contributed by atoms with van der Waals surface area (Å²) in [5.74, 6) is 0.505. The fourth-order valence-corrected chi connectivity index (χ4v) is 3.13.